The molecular formula is C24H26FN5O2. The van der Waals surface area contributed by atoms with Crippen molar-refractivity contribution < 1.29 is 13.9 Å². The van der Waals surface area contributed by atoms with Crippen LogP contribution in [0.4, 0.5) is 4.39 Å². The fraction of sp³-hybridized carbons (Fsp3) is 0.292. The normalized spacial score (nSPS) is 15.9. The van der Waals surface area contributed by atoms with Gasteiger partial charge in [-0.05, 0) is 36.6 Å². The number of methoxy groups -OCH3 is 1. The second kappa shape index (κ2) is 9.21. The summed E-state index contributed by atoms with van der Waals surface area (Å²) < 4.78 is 19.1. The SMILES string of the molecule is CO/C(N)=C(/C=NC1CCN(C(C)=O)CC1)c1cnc2[nH]cc(-c3cccc(F)c3)c2c1. The van der Waals surface area contributed by atoms with Crippen LogP contribution in [-0.2, 0) is 9.53 Å². The smallest absolute Gasteiger partial charge is 0.219 e. The lowest BCUT2D eigenvalue weighted by Gasteiger charge is -2.29. The van der Waals surface area contributed by atoms with Gasteiger partial charge in [0.2, 0.25) is 5.91 Å². The molecule has 2 aromatic heterocycles. The highest BCUT2D eigenvalue weighted by atomic mass is 19.1. The molecule has 1 aliphatic rings. The van der Waals surface area contributed by atoms with E-state index >= 15 is 0 Å². The number of hydrogen-bond donors (Lipinski definition) is 2. The number of carbonyl (C=O) groups excluding carboxylic acids is 1. The Kier molecular flexibility index (Phi) is 6.20. The molecule has 1 fully saturated rings. The summed E-state index contributed by atoms with van der Waals surface area (Å²) in [5, 5.41) is 0.845. The topological polar surface area (TPSA) is 96.6 Å². The van der Waals surface area contributed by atoms with Crippen LogP contribution in [0.25, 0.3) is 27.7 Å². The number of halogens is 1. The van der Waals surface area contributed by atoms with E-state index in [1.807, 2.05) is 23.2 Å². The van der Waals surface area contributed by atoms with Crippen molar-refractivity contribution in [1.29, 1.82) is 0 Å². The molecule has 1 amide bonds. The number of aliphatic imine (C=N–C) groups is 1. The lowest BCUT2D eigenvalue weighted by atomic mass is 10.0. The number of ether oxygens (including phenoxy) is 1. The van der Waals surface area contributed by atoms with E-state index in [0.29, 0.717) is 24.3 Å². The van der Waals surface area contributed by atoms with E-state index in [1.54, 1.807) is 25.4 Å². The first-order valence-electron chi connectivity index (χ1n) is 10.5. The molecule has 0 saturated carbocycles. The minimum atomic E-state index is -0.298. The molecule has 3 heterocycles. The van der Waals surface area contributed by atoms with Gasteiger partial charge < -0.3 is 20.4 Å². The zero-order valence-electron chi connectivity index (χ0n) is 18.1. The van der Waals surface area contributed by atoms with Gasteiger partial charge in [-0.1, -0.05) is 12.1 Å². The van der Waals surface area contributed by atoms with Crippen molar-refractivity contribution in [3.05, 3.63) is 60.0 Å². The molecule has 32 heavy (non-hydrogen) atoms. The Morgan fingerprint density at radius 2 is 2.12 bits per heavy atom. The summed E-state index contributed by atoms with van der Waals surface area (Å²) in [6.45, 7) is 2.99. The largest absolute Gasteiger partial charge is 0.482 e. The molecule has 1 saturated heterocycles. The van der Waals surface area contributed by atoms with E-state index in [1.165, 1.54) is 19.2 Å². The molecule has 4 rings (SSSR count). The van der Waals surface area contributed by atoms with Gasteiger partial charge in [-0.15, -0.1) is 0 Å². The average molecular weight is 436 g/mol. The molecule has 3 N–H and O–H groups in total. The van der Waals surface area contributed by atoms with Crippen LogP contribution in [0.1, 0.15) is 25.3 Å². The van der Waals surface area contributed by atoms with E-state index in [0.717, 1.165) is 34.9 Å². The third kappa shape index (κ3) is 4.49. The number of hydrogen-bond acceptors (Lipinski definition) is 5. The van der Waals surface area contributed by atoms with Gasteiger partial charge in [0, 0.05) is 55.1 Å². The maximum absolute atomic E-state index is 13.8. The van der Waals surface area contributed by atoms with Crippen LogP contribution in [-0.4, -0.2) is 53.2 Å². The van der Waals surface area contributed by atoms with Gasteiger partial charge in [-0.3, -0.25) is 9.79 Å². The highest BCUT2D eigenvalue weighted by molar-refractivity contribution is 6.11. The van der Waals surface area contributed by atoms with Crippen molar-refractivity contribution >= 4 is 28.7 Å². The van der Waals surface area contributed by atoms with Crippen molar-refractivity contribution in [3.8, 4) is 11.1 Å². The quantitative estimate of drug-likeness (QED) is 0.471. The van der Waals surface area contributed by atoms with E-state index in [9.17, 15) is 9.18 Å². The number of amides is 1. The van der Waals surface area contributed by atoms with E-state index in [2.05, 4.69) is 9.97 Å². The fourth-order valence-electron chi connectivity index (χ4n) is 3.95. The summed E-state index contributed by atoms with van der Waals surface area (Å²) in [5.41, 5.74) is 9.81. The minimum absolute atomic E-state index is 0.0941. The molecule has 0 radical (unpaired) electrons. The Morgan fingerprint density at radius 3 is 2.81 bits per heavy atom. The number of allylic oxidation sites excluding steroid dienone is 1. The number of nitrogens with one attached hydrogen (secondary N) is 1. The number of benzene rings is 1. The fourth-order valence-corrected chi connectivity index (χ4v) is 3.95. The molecule has 0 bridgehead atoms. The van der Waals surface area contributed by atoms with Gasteiger partial charge >= 0.3 is 0 Å². The van der Waals surface area contributed by atoms with Crippen LogP contribution >= 0.6 is 0 Å². The Balaban J connectivity index is 1.65. The van der Waals surface area contributed by atoms with Gasteiger partial charge in [0.25, 0.3) is 0 Å². The maximum atomic E-state index is 13.8. The molecule has 1 aromatic carbocycles. The number of nitrogens with two attached hydrogens (primary N) is 1. The molecule has 7 nitrogen and oxygen atoms in total. The van der Waals surface area contributed by atoms with Crippen LogP contribution in [0.2, 0.25) is 0 Å². The molecule has 3 aromatic rings. The van der Waals surface area contributed by atoms with Gasteiger partial charge in [-0.2, -0.15) is 0 Å². The number of aromatic nitrogens is 2. The van der Waals surface area contributed by atoms with Crippen molar-refractivity contribution in [3.63, 3.8) is 0 Å². The monoisotopic (exact) mass is 435 g/mol. The number of nitrogens with zero attached hydrogens (tertiary/aromatic N) is 3. The first-order valence-corrected chi connectivity index (χ1v) is 10.5. The molecule has 0 atom stereocenters. The lowest BCUT2D eigenvalue weighted by Crippen LogP contribution is -2.38. The average Bonchev–Trinajstić information content (AvgIpc) is 3.22. The van der Waals surface area contributed by atoms with Crippen molar-refractivity contribution in [2.24, 2.45) is 10.7 Å². The summed E-state index contributed by atoms with van der Waals surface area (Å²) in [6, 6.07) is 8.50. The van der Waals surface area contributed by atoms with Crippen LogP contribution in [0, 0.1) is 5.82 Å². The summed E-state index contributed by atoms with van der Waals surface area (Å²) in [6.07, 6.45) is 6.85. The van der Waals surface area contributed by atoms with Gasteiger partial charge in [0.1, 0.15) is 11.5 Å². The number of carbonyl (C=O) groups is 1. The van der Waals surface area contributed by atoms with Crippen molar-refractivity contribution in [2.75, 3.05) is 20.2 Å². The zero-order valence-corrected chi connectivity index (χ0v) is 18.1. The Bertz CT molecular complexity index is 1190. The number of H-pyrrole nitrogens is 1. The third-order valence-corrected chi connectivity index (χ3v) is 5.79. The minimum Gasteiger partial charge on any atom is -0.482 e. The predicted molar refractivity (Wildman–Crippen MR) is 123 cm³/mol. The molecule has 8 heteroatoms. The molecular weight excluding hydrogens is 409 g/mol. The Labute approximate surface area is 185 Å². The summed E-state index contributed by atoms with van der Waals surface area (Å²) in [5.74, 6) is 0.0312. The highest BCUT2D eigenvalue weighted by Crippen LogP contribution is 2.30. The van der Waals surface area contributed by atoms with Crippen molar-refractivity contribution in [1.82, 2.24) is 14.9 Å². The number of pyridine rings is 1. The first-order chi connectivity index (χ1) is 15.5. The Hall–Kier alpha value is -3.68. The molecule has 0 spiro atoms. The van der Waals surface area contributed by atoms with E-state index < -0.39 is 0 Å². The number of piperidine rings is 1. The second-order valence-corrected chi connectivity index (χ2v) is 7.83. The first kappa shape index (κ1) is 21.5. The van der Waals surface area contributed by atoms with Crippen LogP contribution in [0.3, 0.4) is 0 Å². The lowest BCUT2D eigenvalue weighted by molar-refractivity contribution is -0.129. The number of aromatic amines is 1. The van der Waals surface area contributed by atoms with E-state index in [-0.39, 0.29) is 23.6 Å². The molecule has 1 aliphatic heterocycles. The van der Waals surface area contributed by atoms with Gasteiger partial charge in [-0.25, -0.2) is 9.37 Å². The number of fused-ring (bicyclic) bond motifs is 1. The number of likely N-dealkylation sites (tertiary alicyclic amines) is 1. The summed E-state index contributed by atoms with van der Waals surface area (Å²) >= 11 is 0. The standard InChI is InChI=1S/C24H26FN5O2/c1-15(31)30-8-6-19(7-9-30)27-14-22(23(26)32-2)17-11-20-21(13-29-24(20)28-12-17)16-4-3-5-18(25)10-16/h3-5,10-14,19H,6-9,26H2,1-2H3,(H,28,29)/b23-22-,27-14?. The molecule has 0 unspecified atom stereocenters. The predicted octanol–water partition coefficient (Wildman–Crippen LogP) is 3.72. The Morgan fingerprint density at radius 1 is 1.34 bits per heavy atom. The van der Waals surface area contributed by atoms with Crippen molar-refractivity contribution in [2.45, 2.75) is 25.8 Å². The van der Waals surface area contributed by atoms with Gasteiger partial charge in [0.15, 0.2) is 5.88 Å². The third-order valence-electron chi connectivity index (χ3n) is 5.79. The van der Waals surface area contributed by atoms with Crippen LogP contribution in [0.15, 0.2) is 53.6 Å². The molecule has 166 valence electrons. The number of rotatable bonds is 5. The second-order valence-electron chi connectivity index (χ2n) is 7.83. The highest BCUT2D eigenvalue weighted by Gasteiger charge is 2.20. The van der Waals surface area contributed by atoms with Crippen LogP contribution in [0.5, 0.6) is 0 Å². The maximum Gasteiger partial charge on any atom is 0.219 e. The summed E-state index contributed by atoms with van der Waals surface area (Å²) in [7, 11) is 1.51. The summed E-state index contributed by atoms with van der Waals surface area (Å²) in [4.78, 5) is 25.7. The zero-order chi connectivity index (χ0) is 22.7. The van der Waals surface area contributed by atoms with Gasteiger partial charge in [0.05, 0.1) is 18.7 Å². The van der Waals surface area contributed by atoms with Crippen LogP contribution < -0.4 is 5.73 Å². The van der Waals surface area contributed by atoms with E-state index in [4.69, 9.17) is 15.5 Å². The molecule has 0 aliphatic carbocycles.